The number of ether oxygens (including phenoxy) is 1. The molecule has 2 fully saturated rings. The van der Waals surface area contributed by atoms with Crippen LogP contribution in [0, 0.1) is 6.92 Å². The van der Waals surface area contributed by atoms with Crippen molar-refractivity contribution < 1.29 is 14.3 Å². The standard InChI is InChI=1S/C17H19N3O3/c1-12-4-2-5-15-18-13(10-20(12)15)16(22)19-8-7-17(14(21)11-19)6-3-9-23-17/h2,4-5,10H,3,6-9,11H2,1H3/t17-/m0/s1. The minimum Gasteiger partial charge on any atom is -0.367 e. The first-order valence-corrected chi connectivity index (χ1v) is 8.00. The number of carbonyl (C=O) groups excluding carboxylic acids is 2. The maximum absolute atomic E-state index is 12.7. The van der Waals surface area contributed by atoms with Gasteiger partial charge in [-0.1, -0.05) is 6.07 Å². The molecule has 2 aromatic heterocycles. The molecule has 0 aromatic carbocycles. The van der Waals surface area contributed by atoms with E-state index in [1.54, 1.807) is 11.1 Å². The number of nitrogens with zero attached hydrogens (tertiary/aromatic N) is 3. The van der Waals surface area contributed by atoms with Crippen LogP contribution in [0.25, 0.3) is 5.65 Å². The SMILES string of the molecule is Cc1cccc2nc(C(=O)N3CC[C@@]4(CCCO4)C(=O)C3)cn12. The largest absolute Gasteiger partial charge is 0.367 e. The summed E-state index contributed by atoms with van der Waals surface area (Å²) in [6.07, 6.45) is 4.03. The van der Waals surface area contributed by atoms with E-state index in [4.69, 9.17) is 4.74 Å². The molecule has 23 heavy (non-hydrogen) atoms. The van der Waals surface area contributed by atoms with Gasteiger partial charge in [0.15, 0.2) is 5.78 Å². The molecule has 0 aliphatic carbocycles. The molecule has 120 valence electrons. The maximum atomic E-state index is 12.7. The lowest BCUT2D eigenvalue weighted by atomic mass is 9.87. The molecule has 2 aliphatic rings. The number of hydrogen-bond donors (Lipinski definition) is 0. The first-order valence-electron chi connectivity index (χ1n) is 8.00. The van der Waals surface area contributed by atoms with Crippen molar-refractivity contribution in [1.82, 2.24) is 14.3 Å². The Balaban J connectivity index is 1.57. The number of hydrogen-bond acceptors (Lipinski definition) is 4. The Morgan fingerprint density at radius 2 is 2.22 bits per heavy atom. The van der Waals surface area contributed by atoms with E-state index in [9.17, 15) is 9.59 Å². The van der Waals surface area contributed by atoms with Gasteiger partial charge in [-0.25, -0.2) is 4.98 Å². The Morgan fingerprint density at radius 1 is 1.35 bits per heavy atom. The number of fused-ring (bicyclic) bond motifs is 1. The van der Waals surface area contributed by atoms with Gasteiger partial charge in [0.1, 0.15) is 16.9 Å². The number of amides is 1. The van der Waals surface area contributed by atoms with Crippen LogP contribution >= 0.6 is 0 Å². The van der Waals surface area contributed by atoms with E-state index in [1.165, 1.54) is 0 Å². The molecule has 0 unspecified atom stereocenters. The van der Waals surface area contributed by atoms with E-state index < -0.39 is 5.60 Å². The Kier molecular flexibility index (Phi) is 3.23. The lowest BCUT2D eigenvalue weighted by Gasteiger charge is -2.36. The zero-order valence-electron chi connectivity index (χ0n) is 13.1. The van der Waals surface area contributed by atoms with Crippen LogP contribution in [0.5, 0.6) is 0 Å². The second-order valence-corrected chi connectivity index (χ2v) is 6.37. The summed E-state index contributed by atoms with van der Waals surface area (Å²) in [6.45, 7) is 3.27. The van der Waals surface area contributed by atoms with Gasteiger partial charge in [0.2, 0.25) is 0 Å². The smallest absolute Gasteiger partial charge is 0.274 e. The number of ketones is 1. The van der Waals surface area contributed by atoms with Crippen LogP contribution in [-0.2, 0) is 9.53 Å². The number of rotatable bonds is 1. The zero-order chi connectivity index (χ0) is 16.0. The van der Waals surface area contributed by atoms with Crippen LogP contribution in [0.3, 0.4) is 0 Å². The fourth-order valence-electron chi connectivity index (χ4n) is 3.55. The highest BCUT2D eigenvalue weighted by Gasteiger charge is 2.46. The first-order chi connectivity index (χ1) is 11.1. The monoisotopic (exact) mass is 313 g/mol. The molecule has 1 spiro atoms. The number of piperidine rings is 1. The van der Waals surface area contributed by atoms with Crippen LogP contribution in [0.4, 0.5) is 0 Å². The van der Waals surface area contributed by atoms with Gasteiger partial charge in [-0.3, -0.25) is 9.59 Å². The van der Waals surface area contributed by atoms with Crippen LogP contribution in [-0.4, -0.2) is 51.3 Å². The summed E-state index contributed by atoms with van der Waals surface area (Å²) in [7, 11) is 0. The molecule has 0 radical (unpaired) electrons. The van der Waals surface area contributed by atoms with Gasteiger partial charge < -0.3 is 14.0 Å². The van der Waals surface area contributed by atoms with E-state index in [-0.39, 0.29) is 18.2 Å². The summed E-state index contributed by atoms with van der Waals surface area (Å²) >= 11 is 0. The van der Waals surface area contributed by atoms with E-state index in [1.807, 2.05) is 29.5 Å². The molecule has 4 rings (SSSR count). The van der Waals surface area contributed by atoms with Crippen LogP contribution in [0.2, 0.25) is 0 Å². The highest BCUT2D eigenvalue weighted by atomic mass is 16.5. The number of pyridine rings is 1. The normalized spacial score (nSPS) is 24.7. The van der Waals surface area contributed by atoms with Crippen molar-refractivity contribution in [2.24, 2.45) is 0 Å². The Morgan fingerprint density at radius 3 is 2.91 bits per heavy atom. The molecule has 2 saturated heterocycles. The van der Waals surface area contributed by atoms with Crippen molar-refractivity contribution in [3.63, 3.8) is 0 Å². The quantitative estimate of drug-likeness (QED) is 0.802. The minimum atomic E-state index is -0.633. The summed E-state index contributed by atoms with van der Waals surface area (Å²) in [6, 6.07) is 5.75. The van der Waals surface area contributed by atoms with Crippen molar-refractivity contribution in [2.45, 2.75) is 31.8 Å². The summed E-state index contributed by atoms with van der Waals surface area (Å²) in [4.78, 5) is 31.1. The molecule has 1 amide bonds. The first kappa shape index (κ1) is 14.4. The summed E-state index contributed by atoms with van der Waals surface area (Å²) in [5.74, 6) is -0.163. The van der Waals surface area contributed by atoms with Crippen LogP contribution in [0.15, 0.2) is 24.4 Å². The number of Topliss-reactive ketones (excluding diaryl/α,β-unsaturated/α-hetero) is 1. The molecule has 0 bridgehead atoms. The summed E-state index contributed by atoms with van der Waals surface area (Å²) < 4.78 is 7.57. The second-order valence-electron chi connectivity index (χ2n) is 6.37. The highest BCUT2D eigenvalue weighted by Crippen LogP contribution is 2.33. The topological polar surface area (TPSA) is 63.9 Å². The van der Waals surface area contributed by atoms with Crippen molar-refractivity contribution in [1.29, 1.82) is 0 Å². The Bertz CT molecular complexity index is 789. The van der Waals surface area contributed by atoms with Crippen LogP contribution < -0.4 is 0 Å². The average Bonchev–Trinajstić information content (AvgIpc) is 3.18. The van der Waals surface area contributed by atoms with Crippen molar-refractivity contribution in [3.8, 4) is 0 Å². The number of imidazole rings is 1. The number of aryl methyl sites for hydroxylation is 1. The minimum absolute atomic E-state index is 0.0227. The predicted molar refractivity (Wildman–Crippen MR) is 83.4 cm³/mol. The molecule has 0 N–H and O–H groups in total. The van der Waals surface area contributed by atoms with E-state index in [2.05, 4.69) is 4.98 Å². The molecule has 4 heterocycles. The van der Waals surface area contributed by atoms with Gasteiger partial charge in [-0.2, -0.15) is 0 Å². The zero-order valence-corrected chi connectivity index (χ0v) is 13.1. The van der Waals surface area contributed by atoms with E-state index in [0.29, 0.717) is 25.3 Å². The van der Waals surface area contributed by atoms with Gasteiger partial charge >= 0.3 is 0 Å². The third kappa shape index (κ3) is 2.25. The number of aromatic nitrogens is 2. The number of likely N-dealkylation sites (tertiary alicyclic amines) is 1. The third-order valence-electron chi connectivity index (χ3n) is 4.93. The summed E-state index contributed by atoms with van der Waals surface area (Å²) in [5, 5.41) is 0. The fraction of sp³-hybridized carbons (Fsp3) is 0.471. The Labute approximate surface area is 134 Å². The second kappa shape index (κ2) is 5.16. The van der Waals surface area contributed by atoms with E-state index in [0.717, 1.165) is 24.2 Å². The van der Waals surface area contributed by atoms with Gasteiger partial charge in [0.25, 0.3) is 5.91 Å². The molecule has 6 heteroatoms. The average molecular weight is 313 g/mol. The highest BCUT2D eigenvalue weighted by molar-refractivity contribution is 5.98. The lowest BCUT2D eigenvalue weighted by molar-refractivity contribution is -0.144. The van der Waals surface area contributed by atoms with E-state index >= 15 is 0 Å². The third-order valence-corrected chi connectivity index (χ3v) is 4.93. The summed E-state index contributed by atoms with van der Waals surface area (Å²) in [5.41, 5.74) is 1.51. The van der Waals surface area contributed by atoms with Gasteiger partial charge in [-0.05, 0) is 31.9 Å². The van der Waals surface area contributed by atoms with Crippen molar-refractivity contribution in [3.05, 3.63) is 35.8 Å². The Hall–Kier alpha value is -2.21. The molecular weight excluding hydrogens is 294 g/mol. The molecule has 0 saturated carbocycles. The van der Waals surface area contributed by atoms with Gasteiger partial charge in [-0.15, -0.1) is 0 Å². The molecule has 2 aliphatic heterocycles. The molecule has 6 nitrogen and oxygen atoms in total. The fourth-order valence-corrected chi connectivity index (χ4v) is 3.55. The molecule has 2 aromatic rings. The number of carbonyl (C=O) groups is 2. The van der Waals surface area contributed by atoms with Crippen LogP contribution in [0.1, 0.15) is 35.4 Å². The molecule has 1 atom stereocenters. The predicted octanol–water partition coefficient (Wildman–Crippen LogP) is 1.61. The van der Waals surface area contributed by atoms with Gasteiger partial charge in [0.05, 0.1) is 6.54 Å². The maximum Gasteiger partial charge on any atom is 0.274 e. The van der Waals surface area contributed by atoms with Crippen molar-refractivity contribution >= 4 is 17.3 Å². The lowest BCUT2D eigenvalue weighted by Crippen LogP contribution is -2.53. The molecular formula is C17H19N3O3. The van der Waals surface area contributed by atoms with Gasteiger partial charge in [0, 0.05) is 31.5 Å². The van der Waals surface area contributed by atoms with Crippen molar-refractivity contribution in [2.75, 3.05) is 19.7 Å².